The highest BCUT2D eigenvalue weighted by molar-refractivity contribution is 7.17. The van der Waals surface area contributed by atoms with E-state index in [4.69, 9.17) is 4.74 Å². The van der Waals surface area contributed by atoms with E-state index >= 15 is 0 Å². The van der Waals surface area contributed by atoms with E-state index in [2.05, 4.69) is 12.2 Å². The minimum absolute atomic E-state index is 0.0184. The maximum atomic E-state index is 12.6. The summed E-state index contributed by atoms with van der Waals surface area (Å²) in [6.45, 7) is 4.46. The molecule has 1 amide bonds. The Labute approximate surface area is 173 Å². The molecule has 1 aliphatic carbocycles. The molecule has 0 bridgehead atoms. The Kier molecular flexibility index (Phi) is 6.64. The van der Waals surface area contributed by atoms with E-state index in [1.54, 1.807) is 12.1 Å². The molecule has 7 nitrogen and oxygen atoms in total. The Hall–Kier alpha value is -2.74. The second-order valence-corrected chi connectivity index (χ2v) is 8.45. The molecule has 1 aromatic carbocycles. The summed E-state index contributed by atoms with van der Waals surface area (Å²) in [5.74, 6) is -0.107. The molecule has 1 unspecified atom stereocenters. The van der Waals surface area contributed by atoms with Crippen LogP contribution in [0.15, 0.2) is 24.3 Å². The molecule has 0 aliphatic heterocycles. The molecule has 1 atom stereocenters. The summed E-state index contributed by atoms with van der Waals surface area (Å²) in [6.07, 6.45) is 3.51. The van der Waals surface area contributed by atoms with E-state index in [0.29, 0.717) is 28.7 Å². The Morgan fingerprint density at radius 1 is 1.31 bits per heavy atom. The number of esters is 1. The minimum Gasteiger partial charge on any atom is -0.462 e. The fourth-order valence-electron chi connectivity index (χ4n) is 3.41. The van der Waals surface area contributed by atoms with Crippen molar-refractivity contribution in [2.24, 2.45) is 5.92 Å². The molecule has 0 saturated heterocycles. The number of nitro groups is 1. The Balaban J connectivity index is 1.79. The minimum atomic E-state index is -0.477. The molecule has 0 fully saturated rings. The van der Waals surface area contributed by atoms with Crippen LogP contribution in [0.2, 0.25) is 0 Å². The van der Waals surface area contributed by atoms with Crippen molar-refractivity contribution in [1.82, 2.24) is 0 Å². The summed E-state index contributed by atoms with van der Waals surface area (Å²) in [6, 6.07) is 5.88. The first-order valence-corrected chi connectivity index (χ1v) is 10.6. The average Bonchev–Trinajstić information content (AvgIpc) is 3.03. The van der Waals surface area contributed by atoms with E-state index in [1.807, 2.05) is 6.92 Å². The van der Waals surface area contributed by atoms with Gasteiger partial charge in [-0.2, -0.15) is 0 Å². The number of ether oxygens (including phenoxy) is 1. The summed E-state index contributed by atoms with van der Waals surface area (Å²) < 4.78 is 5.36. The summed E-state index contributed by atoms with van der Waals surface area (Å²) in [4.78, 5) is 36.6. The predicted molar refractivity (Wildman–Crippen MR) is 112 cm³/mol. The zero-order valence-corrected chi connectivity index (χ0v) is 17.3. The molecule has 0 saturated carbocycles. The number of anilines is 1. The number of nitrogens with zero attached hydrogens (tertiary/aromatic N) is 1. The SMILES string of the molecule is CCCOC(=O)c1c(NC(=O)Cc2ccc([N+](=O)[O-])cc2)sc2c1CCC(C)C2. The van der Waals surface area contributed by atoms with Crippen LogP contribution < -0.4 is 5.32 Å². The number of nitro benzene ring substituents is 1. The number of carbonyl (C=O) groups is 2. The second kappa shape index (κ2) is 9.17. The van der Waals surface area contributed by atoms with Crippen LogP contribution >= 0.6 is 11.3 Å². The molecule has 1 N–H and O–H groups in total. The zero-order valence-electron chi connectivity index (χ0n) is 16.5. The van der Waals surface area contributed by atoms with Crippen molar-refractivity contribution >= 4 is 33.9 Å². The van der Waals surface area contributed by atoms with Crippen molar-refractivity contribution in [3.05, 3.63) is 55.9 Å². The van der Waals surface area contributed by atoms with Crippen molar-refractivity contribution in [3.8, 4) is 0 Å². The first-order chi connectivity index (χ1) is 13.9. The van der Waals surface area contributed by atoms with Gasteiger partial charge in [0.25, 0.3) is 5.69 Å². The molecule has 154 valence electrons. The monoisotopic (exact) mass is 416 g/mol. The van der Waals surface area contributed by atoms with E-state index in [1.165, 1.54) is 23.5 Å². The number of non-ortho nitro benzene ring substituents is 1. The number of rotatable bonds is 7. The molecular weight excluding hydrogens is 392 g/mol. The van der Waals surface area contributed by atoms with E-state index in [9.17, 15) is 19.7 Å². The number of hydrogen-bond acceptors (Lipinski definition) is 6. The highest BCUT2D eigenvalue weighted by atomic mass is 32.1. The van der Waals surface area contributed by atoms with Gasteiger partial charge in [-0.25, -0.2) is 4.79 Å². The summed E-state index contributed by atoms with van der Waals surface area (Å²) >= 11 is 1.45. The standard InChI is InChI=1S/C21H24N2O5S/c1-3-10-28-21(25)19-16-9-4-13(2)11-17(16)29-20(19)22-18(24)12-14-5-7-15(8-6-14)23(26)27/h5-8,13H,3-4,9-12H2,1-2H3,(H,22,24). The first kappa shape index (κ1) is 21.0. The zero-order chi connectivity index (χ0) is 21.0. The van der Waals surface area contributed by atoms with Gasteiger partial charge in [0, 0.05) is 17.0 Å². The maximum Gasteiger partial charge on any atom is 0.341 e. The van der Waals surface area contributed by atoms with Gasteiger partial charge in [-0.1, -0.05) is 26.0 Å². The smallest absolute Gasteiger partial charge is 0.341 e. The van der Waals surface area contributed by atoms with Crippen molar-refractivity contribution in [1.29, 1.82) is 0 Å². The number of benzene rings is 1. The first-order valence-electron chi connectivity index (χ1n) is 9.73. The largest absolute Gasteiger partial charge is 0.462 e. The Bertz CT molecular complexity index is 920. The van der Waals surface area contributed by atoms with Crippen molar-refractivity contribution in [2.75, 3.05) is 11.9 Å². The number of fused-ring (bicyclic) bond motifs is 1. The van der Waals surface area contributed by atoms with Crippen molar-refractivity contribution in [3.63, 3.8) is 0 Å². The van der Waals surface area contributed by atoms with E-state index in [-0.39, 0.29) is 24.0 Å². The number of hydrogen-bond donors (Lipinski definition) is 1. The Morgan fingerprint density at radius 3 is 2.69 bits per heavy atom. The van der Waals surface area contributed by atoms with Gasteiger partial charge in [0.1, 0.15) is 5.00 Å². The van der Waals surface area contributed by atoms with Crippen molar-refractivity contribution in [2.45, 2.75) is 46.0 Å². The molecule has 2 aromatic rings. The molecule has 3 rings (SSSR count). The molecule has 1 aliphatic rings. The van der Waals surface area contributed by atoms with Gasteiger partial charge in [-0.05, 0) is 42.7 Å². The highest BCUT2D eigenvalue weighted by Gasteiger charge is 2.29. The van der Waals surface area contributed by atoms with Gasteiger partial charge in [-0.3, -0.25) is 14.9 Å². The number of carbonyl (C=O) groups excluding carboxylic acids is 2. The summed E-state index contributed by atoms with van der Waals surface area (Å²) in [5.41, 5.74) is 2.13. The van der Waals surface area contributed by atoms with Crippen LogP contribution in [0.25, 0.3) is 0 Å². The second-order valence-electron chi connectivity index (χ2n) is 7.34. The average molecular weight is 416 g/mol. The lowest BCUT2D eigenvalue weighted by atomic mass is 9.88. The fraction of sp³-hybridized carbons (Fsp3) is 0.429. The molecule has 0 radical (unpaired) electrons. The number of nitrogens with one attached hydrogen (secondary N) is 1. The molecule has 1 aromatic heterocycles. The molecule has 1 heterocycles. The van der Waals surface area contributed by atoms with E-state index < -0.39 is 4.92 Å². The van der Waals surface area contributed by atoms with E-state index in [0.717, 1.165) is 36.1 Å². The third kappa shape index (κ3) is 5.00. The van der Waals surface area contributed by atoms with Gasteiger partial charge in [0.2, 0.25) is 5.91 Å². The molecule has 8 heteroatoms. The van der Waals surface area contributed by atoms with Crippen LogP contribution in [-0.4, -0.2) is 23.4 Å². The molecule has 29 heavy (non-hydrogen) atoms. The molecular formula is C21H24N2O5S. The number of thiophene rings is 1. The van der Waals surface area contributed by atoms with Gasteiger partial charge < -0.3 is 10.1 Å². The quantitative estimate of drug-likeness (QED) is 0.406. The van der Waals surface area contributed by atoms with Crippen molar-refractivity contribution < 1.29 is 19.2 Å². The van der Waals surface area contributed by atoms with Gasteiger partial charge in [0.15, 0.2) is 0 Å². The third-order valence-electron chi connectivity index (χ3n) is 4.92. The van der Waals surface area contributed by atoms with Gasteiger partial charge >= 0.3 is 5.97 Å². The summed E-state index contributed by atoms with van der Waals surface area (Å²) in [5, 5.41) is 14.2. The van der Waals surface area contributed by atoms with Crippen LogP contribution in [0.3, 0.4) is 0 Å². The van der Waals surface area contributed by atoms with Crippen LogP contribution in [0, 0.1) is 16.0 Å². The lowest BCUT2D eigenvalue weighted by Gasteiger charge is -2.18. The Morgan fingerprint density at radius 2 is 2.03 bits per heavy atom. The molecule has 0 spiro atoms. The highest BCUT2D eigenvalue weighted by Crippen LogP contribution is 2.40. The lowest BCUT2D eigenvalue weighted by Crippen LogP contribution is -2.18. The van der Waals surface area contributed by atoms with Crippen LogP contribution in [0.5, 0.6) is 0 Å². The van der Waals surface area contributed by atoms with Crippen LogP contribution in [0.4, 0.5) is 10.7 Å². The topological polar surface area (TPSA) is 98.5 Å². The number of amides is 1. The fourth-order valence-corrected chi connectivity index (χ4v) is 4.83. The van der Waals surface area contributed by atoms with Crippen LogP contribution in [-0.2, 0) is 28.8 Å². The predicted octanol–water partition coefficient (Wildman–Crippen LogP) is 4.53. The normalized spacial score (nSPS) is 15.4. The van der Waals surface area contributed by atoms with Gasteiger partial charge in [-0.15, -0.1) is 11.3 Å². The third-order valence-corrected chi connectivity index (χ3v) is 6.09. The van der Waals surface area contributed by atoms with Gasteiger partial charge in [0.05, 0.1) is 23.5 Å². The maximum absolute atomic E-state index is 12.6. The van der Waals surface area contributed by atoms with Crippen LogP contribution in [0.1, 0.15) is 53.1 Å². The lowest BCUT2D eigenvalue weighted by molar-refractivity contribution is -0.384. The summed E-state index contributed by atoms with van der Waals surface area (Å²) in [7, 11) is 0.